The van der Waals surface area contributed by atoms with E-state index in [1.165, 1.54) is 10.6 Å². The number of aliphatic hydroxyl groups excluding tert-OH is 1. The Bertz CT molecular complexity index is 489. The summed E-state index contributed by atoms with van der Waals surface area (Å²) in [5, 5.41) is 12.1. The van der Waals surface area contributed by atoms with E-state index in [0.717, 1.165) is 18.7 Å². The summed E-state index contributed by atoms with van der Waals surface area (Å²) < 4.78 is 0. The molecule has 0 fully saturated rings. The fourth-order valence-electron chi connectivity index (χ4n) is 2.31. The van der Waals surface area contributed by atoms with Gasteiger partial charge in [0.05, 0.1) is 6.10 Å². The number of carbonyl (C=O) groups is 1. The molecule has 21 heavy (non-hydrogen) atoms. The van der Waals surface area contributed by atoms with Crippen molar-refractivity contribution in [2.75, 3.05) is 31.6 Å². The van der Waals surface area contributed by atoms with E-state index in [0.29, 0.717) is 13.1 Å². The average Bonchev–Trinajstić information content (AvgIpc) is 2.98. The van der Waals surface area contributed by atoms with E-state index in [1.807, 2.05) is 12.1 Å². The molecule has 1 atom stereocenters. The molecular weight excluding hydrogens is 266 g/mol. The molecule has 1 aromatic rings. The summed E-state index contributed by atoms with van der Waals surface area (Å²) in [6.45, 7) is 4.39. The third kappa shape index (κ3) is 4.49. The smallest absolute Gasteiger partial charge is 0.317 e. The van der Waals surface area contributed by atoms with Crippen LogP contribution >= 0.6 is 0 Å². The summed E-state index contributed by atoms with van der Waals surface area (Å²) in [6, 6.07) is 8.04. The standard InChI is InChI=1S/C16H23N3O2/c1-13(20)12-18(2)16(21)17-11-14-5-7-15(8-6-14)19-9-3-4-10-19/h3-8,13,20H,9-12H2,1-2H3,(H,17,21). The van der Waals surface area contributed by atoms with E-state index in [4.69, 9.17) is 0 Å². The lowest BCUT2D eigenvalue weighted by Crippen LogP contribution is -2.40. The summed E-state index contributed by atoms with van der Waals surface area (Å²) in [4.78, 5) is 15.6. The number of nitrogens with one attached hydrogen (secondary N) is 1. The molecule has 0 spiro atoms. The molecular formula is C16H23N3O2. The first kappa shape index (κ1) is 15.4. The number of carbonyl (C=O) groups excluding carboxylic acids is 1. The van der Waals surface area contributed by atoms with Crippen molar-refractivity contribution in [3.8, 4) is 0 Å². The summed E-state index contributed by atoms with van der Waals surface area (Å²) in [7, 11) is 1.67. The maximum absolute atomic E-state index is 11.8. The number of hydrogen-bond donors (Lipinski definition) is 2. The van der Waals surface area contributed by atoms with Crippen LogP contribution in [0.15, 0.2) is 36.4 Å². The molecule has 1 unspecified atom stereocenters. The number of urea groups is 1. The highest BCUT2D eigenvalue weighted by Gasteiger charge is 2.10. The molecule has 1 aliphatic heterocycles. The van der Waals surface area contributed by atoms with Crippen molar-refractivity contribution >= 4 is 11.7 Å². The van der Waals surface area contributed by atoms with Gasteiger partial charge >= 0.3 is 6.03 Å². The predicted octanol–water partition coefficient (Wildman–Crippen LogP) is 1.58. The highest BCUT2D eigenvalue weighted by molar-refractivity contribution is 5.73. The quantitative estimate of drug-likeness (QED) is 0.809. The van der Waals surface area contributed by atoms with Crippen LogP contribution in [0.3, 0.4) is 0 Å². The Labute approximate surface area is 125 Å². The topological polar surface area (TPSA) is 55.8 Å². The monoisotopic (exact) mass is 289 g/mol. The predicted molar refractivity (Wildman–Crippen MR) is 84.3 cm³/mol. The zero-order valence-corrected chi connectivity index (χ0v) is 12.6. The van der Waals surface area contributed by atoms with Crippen LogP contribution in [0.1, 0.15) is 12.5 Å². The Hall–Kier alpha value is -2.01. The number of benzene rings is 1. The fourth-order valence-corrected chi connectivity index (χ4v) is 2.31. The highest BCUT2D eigenvalue weighted by atomic mass is 16.3. The molecule has 1 aromatic carbocycles. The number of anilines is 1. The number of hydrogen-bond acceptors (Lipinski definition) is 3. The highest BCUT2D eigenvalue weighted by Crippen LogP contribution is 2.17. The number of aliphatic hydroxyl groups is 1. The minimum Gasteiger partial charge on any atom is -0.392 e. The van der Waals surface area contributed by atoms with Crippen molar-refractivity contribution in [3.63, 3.8) is 0 Å². The number of nitrogens with zero attached hydrogens (tertiary/aromatic N) is 2. The van der Waals surface area contributed by atoms with Gasteiger partial charge in [-0.05, 0) is 24.6 Å². The zero-order chi connectivity index (χ0) is 15.2. The second kappa shape index (κ2) is 7.13. The minimum atomic E-state index is -0.519. The maximum atomic E-state index is 11.8. The van der Waals surface area contributed by atoms with Gasteiger partial charge in [0.1, 0.15) is 0 Å². The lowest BCUT2D eigenvalue weighted by Gasteiger charge is -2.20. The van der Waals surface area contributed by atoms with Crippen molar-refractivity contribution in [1.82, 2.24) is 10.2 Å². The summed E-state index contributed by atoms with van der Waals surface area (Å²) in [6.07, 6.45) is 3.80. The van der Waals surface area contributed by atoms with Gasteiger partial charge in [-0.25, -0.2) is 4.79 Å². The van der Waals surface area contributed by atoms with E-state index >= 15 is 0 Å². The third-order valence-corrected chi connectivity index (χ3v) is 3.45. The van der Waals surface area contributed by atoms with Crippen LogP contribution in [0, 0.1) is 0 Å². The molecule has 0 saturated carbocycles. The Kier molecular flexibility index (Phi) is 5.22. The van der Waals surface area contributed by atoms with E-state index < -0.39 is 6.10 Å². The first-order valence-corrected chi connectivity index (χ1v) is 7.22. The van der Waals surface area contributed by atoms with Crippen LogP contribution in [-0.2, 0) is 6.54 Å². The Morgan fingerprint density at radius 3 is 2.52 bits per heavy atom. The van der Waals surface area contributed by atoms with Crippen molar-refractivity contribution in [2.24, 2.45) is 0 Å². The van der Waals surface area contributed by atoms with Crippen LogP contribution in [0.4, 0.5) is 10.5 Å². The Balaban J connectivity index is 1.82. The number of likely N-dealkylation sites (N-methyl/N-ethyl adjacent to an activating group) is 1. The fraction of sp³-hybridized carbons (Fsp3) is 0.438. The van der Waals surface area contributed by atoms with Gasteiger partial charge in [0, 0.05) is 38.9 Å². The Morgan fingerprint density at radius 1 is 1.33 bits per heavy atom. The molecule has 0 aliphatic carbocycles. The largest absolute Gasteiger partial charge is 0.392 e. The van der Waals surface area contributed by atoms with E-state index in [9.17, 15) is 9.90 Å². The molecule has 114 valence electrons. The normalized spacial score (nSPS) is 15.1. The van der Waals surface area contributed by atoms with Gasteiger partial charge in [-0.2, -0.15) is 0 Å². The van der Waals surface area contributed by atoms with E-state index in [2.05, 4.69) is 34.5 Å². The van der Waals surface area contributed by atoms with Crippen molar-refractivity contribution in [3.05, 3.63) is 42.0 Å². The summed E-state index contributed by atoms with van der Waals surface area (Å²) >= 11 is 0. The van der Waals surface area contributed by atoms with Gasteiger partial charge in [0.15, 0.2) is 0 Å². The van der Waals surface area contributed by atoms with Crippen molar-refractivity contribution in [2.45, 2.75) is 19.6 Å². The SMILES string of the molecule is CC(O)CN(C)C(=O)NCc1ccc(N2CC=CC2)cc1. The first-order valence-electron chi connectivity index (χ1n) is 7.22. The summed E-state index contributed by atoms with van der Waals surface area (Å²) in [5.41, 5.74) is 2.26. The Morgan fingerprint density at radius 2 is 1.95 bits per heavy atom. The maximum Gasteiger partial charge on any atom is 0.317 e. The van der Waals surface area contributed by atoms with Gasteiger partial charge in [-0.15, -0.1) is 0 Å². The first-order chi connectivity index (χ1) is 10.1. The second-order valence-electron chi connectivity index (χ2n) is 5.43. The van der Waals surface area contributed by atoms with E-state index in [-0.39, 0.29) is 6.03 Å². The van der Waals surface area contributed by atoms with Gasteiger partial charge < -0.3 is 20.2 Å². The van der Waals surface area contributed by atoms with Gasteiger partial charge in [-0.1, -0.05) is 24.3 Å². The molecule has 5 heteroatoms. The molecule has 2 N–H and O–H groups in total. The molecule has 5 nitrogen and oxygen atoms in total. The molecule has 1 aliphatic rings. The van der Waals surface area contributed by atoms with Crippen molar-refractivity contribution < 1.29 is 9.90 Å². The molecule has 2 rings (SSSR count). The number of rotatable bonds is 5. The van der Waals surface area contributed by atoms with Crippen LogP contribution in [-0.4, -0.2) is 48.8 Å². The van der Waals surface area contributed by atoms with Crippen LogP contribution in [0.2, 0.25) is 0 Å². The second-order valence-corrected chi connectivity index (χ2v) is 5.43. The summed E-state index contributed by atoms with van der Waals surface area (Å²) in [5.74, 6) is 0. The molecule has 0 bridgehead atoms. The zero-order valence-electron chi connectivity index (χ0n) is 12.6. The van der Waals surface area contributed by atoms with Gasteiger partial charge in [-0.3, -0.25) is 0 Å². The molecule has 0 saturated heterocycles. The minimum absolute atomic E-state index is 0.177. The van der Waals surface area contributed by atoms with E-state index in [1.54, 1.807) is 14.0 Å². The lowest BCUT2D eigenvalue weighted by molar-refractivity contribution is 0.143. The lowest BCUT2D eigenvalue weighted by atomic mass is 10.2. The van der Waals surface area contributed by atoms with Crippen LogP contribution in [0.5, 0.6) is 0 Å². The van der Waals surface area contributed by atoms with Crippen LogP contribution in [0.25, 0.3) is 0 Å². The number of amides is 2. The molecule has 0 radical (unpaired) electrons. The van der Waals surface area contributed by atoms with Crippen LogP contribution < -0.4 is 10.2 Å². The molecule has 1 heterocycles. The van der Waals surface area contributed by atoms with Crippen molar-refractivity contribution in [1.29, 1.82) is 0 Å². The molecule has 2 amide bonds. The van der Waals surface area contributed by atoms with Gasteiger partial charge in [0.2, 0.25) is 0 Å². The van der Waals surface area contributed by atoms with Gasteiger partial charge in [0.25, 0.3) is 0 Å². The molecule has 0 aromatic heterocycles. The third-order valence-electron chi connectivity index (χ3n) is 3.45. The average molecular weight is 289 g/mol.